The SMILES string of the molecule is O=C1CCCC2=C1C(c1ccc(Br)cc1)CC(=O)N2c1cccc(Br)c1. The summed E-state index contributed by atoms with van der Waals surface area (Å²) in [4.78, 5) is 27.6. The summed E-state index contributed by atoms with van der Waals surface area (Å²) in [7, 11) is 0. The second-order valence-corrected chi connectivity index (χ2v) is 8.49. The quantitative estimate of drug-likeness (QED) is 0.556. The number of ketones is 1. The van der Waals surface area contributed by atoms with Gasteiger partial charge in [-0.3, -0.25) is 14.5 Å². The summed E-state index contributed by atoms with van der Waals surface area (Å²) in [5.74, 6) is 0.0675. The van der Waals surface area contributed by atoms with Crippen molar-refractivity contribution < 1.29 is 9.59 Å². The largest absolute Gasteiger partial charge is 0.294 e. The van der Waals surface area contributed by atoms with E-state index < -0.39 is 0 Å². The van der Waals surface area contributed by atoms with Crippen LogP contribution in [0.2, 0.25) is 0 Å². The van der Waals surface area contributed by atoms with Gasteiger partial charge in [0, 0.05) is 44.7 Å². The Labute approximate surface area is 169 Å². The van der Waals surface area contributed by atoms with Crippen LogP contribution in [0.5, 0.6) is 0 Å². The van der Waals surface area contributed by atoms with Crippen molar-refractivity contribution in [2.45, 2.75) is 31.6 Å². The third-order valence-electron chi connectivity index (χ3n) is 5.01. The van der Waals surface area contributed by atoms with E-state index in [-0.39, 0.29) is 17.6 Å². The summed E-state index contributed by atoms with van der Waals surface area (Å²) in [5.41, 5.74) is 3.54. The summed E-state index contributed by atoms with van der Waals surface area (Å²) < 4.78 is 1.91. The molecule has 0 bridgehead atoms. The number of Topliss-reactive ketones (excluding diaryl/α,β-unsaturated/α-hetero) is 1. The van der Waals surface area contributed by atoms with Crippen molar-refractivity contribution >= 4 is 49.2 Å². The van der Waals surface area contributed by atoms with Crippen LogP contribution < -0.4 is 4.90 Å². The number of halogens is 2. The van der Waals surface area contributed by atoms with Gasteiger partial charge in [0.05, 0.1) is 0 Å². The normalized spacial score (nSPS) is 20.4. The summed E-state index contributed by atoms with van der Waals surface area (Å²) in [6.45, 7) is 0. The van der Waals surface area contributed by atoms with E-state index in [2.05, 4.69) is 31.9 Å². The van der Waals surface area contributed by atoms with E-state index in [9.17, 15) is 9.59 Å². The molecule has 1 aliphatic heterocycles. The van der Waals surface area contributed by atoms with Crippen molar-refractivity contribution in [1.82, 2.24) is 0 Å². The Kier molecular flexibility index (Phi) is 4.84. The highest BCUT2D eigenvalue weighted by Gasteiger charge is 2.39. The maximum atomic E-state index is 13.1. The van der Waals surface area contributed by atoms with E-state index >= 15 is 0 Å². The third-order valence-corrected chi connectivity index (χ3v) is 6.04. The molecule has 1 unspecified atom stereocenters. The first-order valence-electron chi connectivity index (χ1n) is 8.65. The zero-order chi connectivity index (χ0) is 18.3. The molecule has 0 spiro atoms. The average Bonchev–Trinajstić information content (AvgIpc) is 2.62. The highest BCUT2D eigenvalue weighted by molar-refractivity contribution is 9.10. The molecule has 0 fully saturated rings. The lowest BCUT2D eigenvalue weighted by molar-refractivity contribution is -0.119. The van der Waals surface area contributed by atoms with Crippen molar-refractivity contribution in [1.29, 1.82) is 0 Å². The van der Waals surface area contributed by atoms with E-state index in [0.717, 1.165) is 44.3 Å². The molecule has 3 nitrogen and oxygen atoms in total. The number of hydrogen-bond donors (Lipinski definition) is 0. The first-order chi connectivity index (χ1) is 12.5. The number of benzene rings is 2. The van der Waals surface area contributed by atoms with Gasteiger partial charge >= 0.3 is 0 Å². The van der Waals surface area contributed by atoms with E-state index in [1.807, 2.05) is 48.5 Å². The number of anilines is 1. The number of allylic oxidation sites excluding steroid dienone is 2. The van der Waals surface area contributed by atoms with Crippen LogP contribution in [0, 0.1) is 0 Å². The number of amides is 1. The van der Waals surface area contributed by atoms with Gasteiger partial charge in [-0.1, -0.05) is 50.1 Å². The van der Waals surface area contributed by atoms with E-state index in [1.165, 1.54) is 0 Å². The standard InChI is InChI=1S/C21H17Br2NO2/c22-14-9-7-13(8-10-14)17-12-20(26)24(16-4-1-3-15(23)11-16)18-5-2-6-19(25)21(17)18/h1,3-4,7-11,17H,2,5-6,12H2. The molecule has 1 atom stereocenters. The van der Waals surface area contributed by atoms with Crippen molar-refractivity contribution in [3.05, 3.63) is 74.3 Å². The van der Waals surface area contributed by atoms with Gasteiger partial charge in [0.15, 0.2) is 5.78 Å². The Hall–Kier alpha value is -1.72. The van der Waals surface area contributed by atoms with Crippen molar-refractivity contribution in [2.24, 2.45) is 0 Å². The van der Waals surface area contributed by atoms with Gasteiger partial charge in [0.1, 0.15) is 0 Å². The zero-order valence-electron chi connectivity index (χ0n) is 14.0. The molecule has 26 heavy (non-hydrogen) atoms. The first kappa shape index (κ1) is 17.7. The van der Waals surface area contributed by atoms with E-state index in [4.69, 9.17) is 0 Å². The molecule has 1 aliphatic carbocycles. The van der Waals surface area contributed by atoms with Crippen LogP contribution in [0.15, 0.2) is 68.7 Å². The van der Waals surface area contributed by atoms with Crippen LogP contribution in [0.4, 0.5) is 5.69 Å². The molecule has 1 heterocycles. The fourth-order valence-electron chi connectivity index (χ4n) is 3.89. The summed E-state index contributed by atoms with van der Waals surface area (Å²) in [6, 6.07) is 15.6. The molecule has 2 aromatic carbocycles. The van der Waals surface area contributed by atoms with Gasteiger partial charge in [-0.05, 0) is 48.7 Å². The number of hydrogen-bond acceptors (Lipinski definition) is 2. The molecule has 0 N–H and O–H groups in total. The van der Waals surface area contributed by atoms with Crippen molar-refractivity contribution in [2.75, 3.05) is 4.90 Å². The fourth-order valence-corrected chi connectivity index (χ4v) is 4.54. The molecule has 0 radical (unpaired) electrons. The maximum absolute atomic E-state index is 13.1. The first-order valence-corrected chi connectivity index (χ1v) is 10.2. The Balaban J connectivity index is 1.85. The minimum Gasteiger partial charge on any atom is -0.294 e. The Bertz CT molecular complexity index is 918. The van der Waals surface area contributed by atoms with Crippen LogP contribution in [-0.2, 0) is 9.59 Å². The number of rotatable bonds is 2. The summed E-state index contributed by atoms with van der Waals surface area (Å²) >= 11 is 6.93. The molecule has 1 amide bonds. The fraction of sp³-hybridized carbons (Fsp3) is 0.238. The van der Waals surface area contributed by atoms with Crippen LogP contribution in [0.25, 0.3) is 0 Å². The lowest BCUT2D eigenvalue weighted by atomic mass is 9.77. The molecule has 2 aromatic rings. The van der Waals surface area contributed by atoms with Gasteiger partial charge in [-0.2, -0.15) is 0 Å². The van der Waals surface area contributed by atoms with Gasteiger partial charge in [0.25, 0.3) is 0 Å². The van der Waals surface area contributed by atoms with Gasteiger partial charge in [0.2, 0.25) is 5.91 Å². The Morgan fingerprint density at radius 2 is 1.69 bits per heavy atom. The summed E-state index contributed by atoms with van der Waals surface area (Å²) in [6.07, 6.45) is 2.43. The average molecular weight is 475 g/mol. The molecule has 0 aromatic heterocycles. The van der Waals surface area contributed by atoms with Crippen LogP contribution in [-0.4, -0.2) is 11.7 Å². The topological polar surface area (TPSA) is 37.4 Å². The van der Waals surface area contributed by atoms with Crippen molar-refractivity contribution in [3.63, 3.8) is 0 Å². The number of carbonyl (C=O) groups excluding carboxylic acids is 2. The molecule has 2 aliphatic rings. The smallest absolute Gasteiger partial charge is 0.232 e. The molecule has 0 saturated carbocycles. The number of carbonyl (C=O) groups is 2. The molecule has 0 saturated heterocycles. The molecule has 5 heteroatoms. The second kappa shape index (κ2) is 7.12. The van der Waals surface area contributed by atoms with Crippen LogP contribution >= 0.6 is 31.9 Å². The van der Waals surface area contributed by atoms with Gasteiger partial charge < -0.3 is 0 Å². The predicted octanol–water partition coefficient (Wildman–Crippen LogP) is 5.74. The third kappa shape index (κ3) is 3.19. The minimum atomic E-state index is -0.151. The lowest BCUT2D eigenvalue weighted by Gasteiger charge is -2.38. The highest BCUT2D eigenvalue weighted by Crippen LogP contribution is 2.43. The monoisotopic (exact) mass is 473 g/mol. The van der Waals surface area contributed by atoms with Crippen LogP contribution in [0.3, 0.4) is 0 Å². The molecule has 4 rings (SSSR count). The summed E-state index contributed by atoms with van der Waals surface area (Å²) in [5, 5.41) is 0. The minimum absolute atomic E-state index is 0.0458. The Morgan fingerprint density at radius 3 is 2.42 bits per heavy atom. The second-order valence-electron chi connectivity index (χ2n) is 6.65. The maximum Gasteiger partial charge on any atom is 0.232 e. The van der Waals surface area contributed by atoms with E-state index in [1.54, 1.807) is 4.90 Å². The van der Waals surface area contributed by atoms with Crippen LogP contribution in [0.1, 0.15) is 37.2 Å². The number of nitrogens with zero attached hydrogens (tertiary/aromatic N) is 1. The predicted molar refractivity (Wildman–Crippen MR) is 109 cm³/mol. The molecule has 132 valence electrons. The lowest BCUT2D eigenvalue weighted by Crippen LogP contribution is -2.40. The van der Waals surface area contributed by atoms with Gasteiger partial charge in [-0.25, -0.2) is 0 Å². The molecular formula is C21H17Br2NO2. The Morgan fingerprint density at radius 1 is 0.923 bits per heavy atom. The molecular weight excluding hydrogens is 458 g/mol. The van der Waals surface area contributed by atoms with E-state index in [0.29, 0.717) is 12.8 Å². The highest BCUT2D eigenvalue weighted by atomic mass is 79.9. The van der Waals surface area contributed by atoms with Gasteiger partial charge in [-0.15, -0.1) is 0 Å². The van der Waals surface area contributed by atoms with Crippen molar-refractivity contribution in [3.8, 4) is 0 Å². The zero-order valence-corrected chi connectivity index (χ0v) is 17.2.